The van der Waals surface area contributed by atoms with Crippen molar-refractivity contribution < 1.29 is 9.47 Å². The van der Waals surface area contributed by atoms with Gasteiger partial charge in [0, 0.05) is 44.5 Å². The lowest BCUT2D eigenvalue weighted by Gasteiger charge is -2.21. The third-order valence-electron chi connectivity index (χ3n) is 3.23. The zero-order chi connectivity index (χ0) is 14.8. The molecule has 0 bridgehead atoms. The molecule has 0 amide bonds. The van der Waals surface area contributed by atoms with E-state index >= 15 is 0 Å². The minimum absolute atomic E-state index is 0.352. The van der Waals surface area contributed by atoms with E-state index in [4.69, 9.17) is 9.47 Å². The first-order valence-corrected chi connectivity index (χ1v) is 7.41. The molecule has 0 radical (unpaired) electrons. The molecule has 1 rings (SSSR count). The van der Waals surface area contributed by atoms with Crippen molar-refractivity contribution in [1.82, 2.24) is 5.32 Å². The molecule has 1 unspecified atom stereocenters. The SMILES string of the molecule is CCN(CC)c1cccc(OCCNC(C)COC)c1. The van der Waals surface area contributed by atoms with Crippen molar-refractivity contribution in [1.29, 1.82) is 0 Å². The molecule has 4 heteroatoms. The first-order valence-electron chi connectivity index (χ1n) is 7.41. The van der Waals surface area contributed by atoms with Crippen LogP contribution in [0.4, 0.5) is 5.69 Å². The number of hydrogen-bond donors (Lipinski definition) is 1. The summed E-state index contributed by atoms with van der Waals surface area (Å²) in [6.07, 6.45) is 0. The van der Waals surface area contributed by atoms with Crippen LogP contribution < -0.4 is 15.0 Å². The fraction of sp³-hybridized carbons (Fsp3) is 0.625. The van der Waals surface area contributed by atoms with Gasteiger partial charge in [0.05, 0.1) is 6.61 Å². The number of ether oxygens (including phenoxy) is 2. The standard InChI is InChI=1S/C16H28N2O2/c1-5-18(6-2)15-8-7-9-16(12-15)20-11-10-17-14(3)13-19-4/h7-9,12,14,17H,5-6,10-11,13H2,1-4H3. The summed E-state index contributed by atoms with van der Waals surface area (Å²) >= 11 is 0. The molecule has 0 spiro atoms. The fourth-order valence-corrected chi connectivity index (χ4v) is 2.14. The number of methoxy groups -OCH3 is 1. The second kappa shape index (κ2) is 9.61. The lowest BCUT2D eigenvalue weighted by atomic mass is 10.2. The Hall–Kier alpha value is -1.26. The van der Waals surface area contributed by atoms with Crippen molar-refractivity contribution in [3.05, 3.63) is 24.3 Å². The molecule has 1 N–H and O–H groups in total. The highest BCUT2D eigenvalue weighted by molar-refractivity contribution is 5.50. The highest BCUT2D eigenvalue weighted by atomic mass is 16.5. The zero-order valence-electron chi connectivity index (χ0n) is 13.2. The van der Waals surface area contributed by atoms with Crippen LogP contribution in [0.25, 0.3) is 0 Å². The van der Waals surface area contributed by atoms with Gasteiger partial charge in [-0.3, -0.25) is 0 Å². The lowest BCUT2D eigenvalue weighted by Crippen LogP contribution is -2.33. The molecule has 0 aliphatic carbocycles. The minimum Gasteiger partial charge on any atom is -0.492 e. The van der Waals surface area contributed by atoms with Gasteiger partial charge in [0.25, 0.3) is 0 Å². The molecule has 0 aromatic heterocycles. The highest BCUT2D eigenvalue weighted by Gasteiger charge is 2.03. The minimum atomic E-state index is 0.352. The molecular weight excluding hydrogens is 252 g/mol. The van der Waals surface area contributed by atoms with E-state index in [1.165, 1.54) is 5.69 Å². The molecule has 1 atom stereocenters. The molecule has 0 saturated heterocycles. The lowest BCUT2D eigenvalue weighted by molar-refractivity contribution is 0.169. The number of rotatable bonds is 10. The molecule has 114 valence electrons. The topological polar surface area (TPSA) is 33.7 Å². The Morgan fingerprint density at radius 2 is 2.00 bits per heavy atom. The van der Waals surface area contributed by atoms with E-state index in [1.54, 1.807) is 7.11 Å². The average molecular weight is 280 g/mol. The molecule has 0 fully saturated rings. The number of nitrogens with one attached hydrogen (secondary N) is 1. The van der Waals surface area contributed by atoms with E-state index in [-0.39, 0.29) is 0 Å². The van der Waals surface area contributed by atoms with Crippen LogP contribution in [0.3, 0.4) is 0 Å². The summed E-state index contributed by atoms with van der Waals surface area (Å²) in [6.45, 7) is 10.7. The van der Waals surface area contributed by atoms with Gasteiger partial charge in [-0.05, 0) is 32.9 Å². The van der Waals surface area contributed by atoms with Gasteiger partial charge < -0.3 is 19.7 Å². The first-order chi connectivity index (χ1) is 9.71. The Morgan fingerprint density at radius 3 is 2.65 bits per heavy atom. The molecule has 1 aromatic rings. The second-order valence-corrected chi connectivity index (χ2v) is 4.83. The summed E-state index contributed by atoms with van der Waals surface area (Å²) in [4.78, 5) is 2.31. The zero-order valence-corrected chi connectivity index (χ0v) is 13.2. The first kappa shape index (κ1) is 16.8. The van der Waals surface area contributed by atoms with E-state index in [1.807, 2.05) is 12.1 Å². The monoisotopic (exact) mass is 280 g/mol. The van der Waals surface area contributed by atoms with Gasteiger partial charge in [0.15, 0.2) is 0 Å². The molecule has 0 aliphatic rings. The number of nitrogens with zero attached hydrogens (tertiary/aromatic N) is 1. The number of hydrogen-bond acceptors (Lipinski definition) is 4. The van der Waals surface area contributed by atoms with Gasteiger partial charge in [0.2, 0.25) is 0 Å². The van der Waals surface area contributed by atoms with Crippen LogP contribution in [0.1, 0.15) is 20.8 Å². The molecular formula is C16H28N2O2. The molecule has 0 heterocycles. The summed E-state index contributed by atoms with van der Waals surface area (Å²) in [5.74, 6) is 0.926. The van der Waals surface area contributed by atoms with Crippen molar-refractivity contribution in [3.8, 4) is 5.75 Å². The second-order valence-electron chi connectivity index (χ2n) is 4.83. The highest BCUT2D eigenvalue weighted by Crippen LogP contribution is 2.20. The Bertz CT molecular complexity index is 367. The van der Waals surface area contributed by atoms with Crippen LogP contribution in [-0.4, -0.2) is 46.0 Å². The number of anilines is 1. The van der Waals surface area contributed by atoms with Gasteiger partial charge in [-0.25, -0.2) is 0 Å². The van der Waals surface area contributed by atoms with Gasteiger partial charge in [-0.15, -0.1) is 0 Å². The van der Waals surface area contributed by atoms with Crippen LogP contribution in [0.5, 0.6) is 5.75 Å². The van der Waals surface area contributed by atoms with Crippen LogP contribution in [0.15, 0.2) is 24.3 Å². The molecule has 20 heavy (non-hydrogen) atoms. The van der Waals surface area contributed by atoms with E-state index in [0.717, 1.165) is 32.0 Å². The van der Waals surface area contributed by atoms with Gasteiger partial charge in [-0.1, -0.05) is 6.07 Å². The summed E-state index contributed by atoms with van der Waals surface area (Å²) in [5.41, 5.74) is 1.22. The van der Waals surface area contributed by atoms with E-state index in [9.17, 15) is 0 Å². The van der Waals surface area contributed by atoms with Crippen LogP contribution in [0, 0.1) is 0 Å². The van der Waals surface area contributed by atoms with Crippen LogP contribution in [0.2, 0.25) is 0 Å². The Balaban J connectivity index is 2.39. The third-order valence-corrected chi connectivity index (χ3v) is 3.23. The van der Waals surface area contributed by atoms with E-state index in [2.05, 4.69) is 43.1 Å². The average Bonchev–Trinajstić information content (AvgIpc) is 2.46. The van der Waals surface area contributed by atoms with Crippen molar-refractivity contribution in [2.45, 2.75) is 26.8 Å². The largest absolute Gasteiger partial charge is 0.492 e. The predicted octanol–water partition coefficient (Wildman–Crippen LogP) is 2.54. The maximum absolute atomic E-state index is 5.78. The summed E-state index contributed by atoms with van der Waals surface area (Å²) in [7, 11) is 1.72. The van der Waals surface area contributed by atoms with Gasteiger partial charge in [0.1, 0.15) is 12.4 Å². The Morgan fingerprint density at radius 1 is 1.25 bits per heavy atom. The van der Waals surface area contributed by atoms with Crippen molar-refractivity contribution >= 4 is 5.69 Å². The summed E-state index contributed by atoms with van der Waals surface area (Å²) in [5, 5.41) is 3.35. The quantitative estimate of drug-likeness (QED) is 0.668. The smallest absolute Gasteiger partial charge is 0.121 e. The summed E-state index contributed by atoms with van der Waals surface area (Å²) in [6, 6.07) is 8.63. The molecule has 4 nitrogen and oxygen atoms in total. The Labute approximate surface area is 123 Å². The summed E-state index contributed by atoms with van der Waals surface area (Å²) < 4.78 is 10.9. The maximum Gasteiger partial charge on any atom is 0.121 e. The normalized spacial score (nSPS) is 12.2. The van der Waals surface area contributed by atoms with Gasteiger partial charge >= 0.3 is 0 Å². The fourth-order valence-electron chi connectivity index (χ4n) is 2.14. The third kappa shape index (κ3) is 5.80. The van der Waals surface area contributed by atoms with Crippen molar-refractivity contribution in [2.24, 2.45) is 0 Å². The number of benzene rings is 1. The van der Waals surface area contributed by atoms with Crippen molar-refractivity contribution in [3.63, 3.8) is 0 Å². The van der Waals surface area contributed by atoms with Crippen LogP contribution in [-0.2, 0) is 4.74 Å². The molecule has 1 aromatic carbocycles. The van der Waals surface area contributed by atoms with Crippen molar-refractivity contribution in [2.75, 3.05) is 44.9 Å². The van der Waals surface area contributed by atoms with E-state index < -0.39 is 0 Å². The van der Waals surface area contributed by atoms with Gasteiger partial charge in [-0.2, -0.15) is 0 Å². The molecule has 0 saturated carbocycles. The molecule has 0 aliphatic heterocycles. The predicted molar refractivity (Wildman–Crippen MR) is 84.8 cm³/mol. The van der Waals surface area contributed by atoms with Crippen LogP contribution >= 0.6 is 0 Å². The van der Waals surface area contributed by atoms with E-state index in [0.29, 0.717) is 12.6 Å². The Kier molecular flexibility index (Phi) is 8.07. The maximum atomic E-state index is 5.78.